The summed E-state index contributed by atoms with van der Waals surface area (Å²) in [6.07, 6.45) is 0. The first-order valence-electron chi connectivity index (χ1n) is 6.72. The van der Waals surface area contributed by atoms with Crippen molar-refractivity contribution in [3.8, 4) is 0 Å². The summed E-state index contributed by atoms with van der Waals surface area (Å²) in [6, 6.07) is 15.5. The van der Waals surface area contributed by atoms with Crippen molar-refractivity contribution in [2.24, 2.45) is 5.73 Å². The number of benzene rings is 2. The van der Waals surface area contributed by atoms with Gasteiger partial charge >= 0.3 is 6.03 Å². The van der Waals surface area contributed by atoms with Crippen molar-refractivity contribution in [2.75, 3.05) is 0 Å². The fourth-order valence-electron chi connectivity index (χ4n) is 1.93. The predicted octanol–water partition coefficient (Wildman–Crippen LogP) is 2.91. The first-order chi connectivity index (χ1) is 10.2. The molecule has 0 saturated heterocycles. The number of halogens is 1. The van der Waals surface area contributed by atoms with Crippen LogP contribution in [0.4, 0.5) is 4.79 Å². The third-order valence-electron chi connectivity index (χ3n) is 3.08. The van der Waals surface area contributed by atoms with Gasteiger partial charge in [0.1, 0.15) is 0 Å². The van der Waals surface area contributed by atoms with Gasteiger partial charge in [0.15, 0.2) is 0 Å². The topological polar surface area (TPSA) is 67.1 Å². The molecule has 4 N–H and O–H groups in total. The number of amides is 2. The normalized spacial score (nSPS) is 10.2. The highest BCUT2D eigenvalue weighted by Crippen LogP contribution is 2.15. The van der Waals surface area contributed by atoms with Crippen molar-refractivity contribution in [2.45, 2.75) is 19.6 Å². The van der Waals surface area contributed by atoms with Crippen LogP contribution < -0.4 is 16.4 Å². The molecule has 0 unspecified atom stereocenters. The lowest BCUT2D eigenvalue weighted by molar-refractivity contribution is 0.240. The summed E-state index contributed by atoms with van der Waals surface area (Å²) in [7, 11) is 0. The Morgan fingerprint density at radius 2 is 1.71 bits per heavy atom. The fraction of sp³-hybridized carbons (Fsp3) is 0.188. The molecule has 2 amide bonds. The van der Waals surface area contributed by atoms with Gasteiger partial charge in [-0.15, -0.1) is 0 Å². The SMILES string of the molecule is NCc1cccc(CNC(=O)NCc2ccccc2Br)c1. The highest BCUT2D eigenvalue weighted by molar-refractivity contribution is 9.10. The van der Waals surface area contributed by atoms with Crippen LogP contribution >= 0.6 is 15.9 Å². The molecule has 0 aliphatic carbocycles. The molecule has 0 heterocycles. The second-order valence-electron chi connectivity index (χ2n) is 4.65. The van der Waals surface area contributed by atoms with Gasteiger partial charge in [-0.25, -0.2) is 4.79 Å². The van der Waals surface area contributed by atoms with Crippen molar-refractivity contribution in [1.29, 1.82) is 0 Å². The molecule has 110 valence electrons. The minimum absolute atomic E-state index is 0.191. The molecule has 2 aromatic carbocycles. The summed E-state index contributed by atoms with van der Waals surface area (Å²) < 4.78 is 0.987. The van der Waals surface area contributed by atoms with Crippen molar-refractivity contribution in [1.82, 2.24) is 10.6 Å². The molecule has 0 aromatic heterocycles. The summed E-state index contributed by atoms with van der Waals surface area (Å²) in [6.45, 7) is 1.47. The average molecular weight is 348 g/mol. The maximum Gasteiger partial charge on any atom is 0.315 e. The molecule has 0 aliphatic heterocycles. The molecule has 4 nitrogen and oxygen atoms in total. The van der Waals surface area contributed by atoms with Crippen molar-refractivity contribution in [3.63, 3.8) is 0 Å². The van der Waals surface area contributed by atoms with Crippen LogP contribution in [-0.4, -0.2) is 6.03 Å². The van der Waals surface area contributed by atoms with Crippen LogP contribution in [0.15, 0.2) is 53.0 Å². The minimum atomic E-state index is -0.191. The van der Waals surface area contributed by atoms with Gasteiger partial charge in [-0.2, -0.15) is 0 Å². The van der Waals surface area contributed by atoms with E-state index in [0.717, 1.165) is 21.2 Å². The average Bonchev–Trinajstić information content (AvgIpc) is 2.52. The number of urea groups is 1. The van der Waals surface area contributed by atoms with Gasteiger partial charge < -0.3 is 16.4 Å². The van der Waals surface area contributed by atoms with E-state index in [4.69, 9.17) is 5.73 Å². The summed E-state index contributed by atoms with van der Waals surface area (Å²) in [5, 5.41) is 5.67. The van der Waals surface area contributed by atoms with Crippen molar-refractivity contribution >= 4 is 22.0 Å². The van der Waals surface area contributed by atoms with Gasteiger partial charge in [0.2, 0.25) is 0 Å². The molecule has 0 radical (unpaired) electrons. The minimum Gasteiger partial charge on any atom is -0.334 e. The lowest BCUT2D eigenvalue weighted by Gasteiger charge is -2.09. The summed E-state index contributed by atoms with van der Waals surface area (Å²) in [5.74, 6) is 0. The molecule has 0 saturated carbocycles. The monoisotopic (exact) mass is 347 g/mol. The number of hydrogen-bond donors (Lipinski definition) is 3. The molecule has 0 spiro atoms. The van der Waals surface area contributed by atoms with Gasteiger partial charge in [-0.3, -0.25) is 0 Å². The molecule has 5 heteroatoms. The number of rotatable bonds is 5. The van der Waals surface area contributed by atoms with Gasteiger partial charge in [-0.05, 0) is 22.8 Å². The Bertz CT molecular complexity index is 616. The zero-order valence-electron chi connectivity index (χ0n) is 11.6. The molecule has 0 fully saturated rings. The van der Waals surface area contributed by atoms with Gasteiger partial charge in [-0.1, -0.05) is 58.4 Å². The Hall–Kier alpha value is -1.85. The van der Waals surface area contributed by atoms with E-state index in [1.807, 2.05) is 48.5 Å². The Labute approximate surface area is 132 Å². The zero-order valence-corrected chi connectivity index (χ0v) is 13.2. The van der Waals surface area contributed by atoms with Crippen molar-refractivity contribution in [3.05, 3.63) is 69.7 Å². The Morgan fingerprint density at radius 3 is 2.48 bits per heavy atom. The number of carbonyl (C=O) groups is 1. The van der Waals surface area contributed by atoms with Crippen LogP contribution in [0.5, 0.6) is 0 Å². The van der Waals surface area contributed by atoms with E-state index >= 15 is 0 Å². The van der Waals surface area contributed by atoms with Crippen LogP contribution in [0.25, 0.3) is 0 Å². The van der Waals surface area contributed by atoms with E-state index in [1.54, 1.807) is 0 Å². The predicted molar refractivity (Wildman–Crippen MR) is 87.6 cm³/mol. The molecule has 21 heavy (non-hydrogen) atoms. The van der Waals surface area contributed by atoms with Crippen molar-refractivity contribution < 1.29 is 4.79 Å². The molecule has 0 aliphatic rings. The highest BCUT2D eigenvalue weighted by atomic mass is 79.9. The highest BCUT2D eigenvalue weighted by Gasteiger charge is 2.03. The van der Waals surface area contributed by atoms with Crippen LogP contribution in [-0.2, 0) is 19.6 Å². The Kier molecular flexibility index (Phi) is 5.78. The second-order valence-corrected chi connectivity index (χ2v) is 5.51. The molecular formula is C16H18BrN3O. The van der Waals surface area contributed by atoms with E-state index in [2.05, 4.69) is 26.6 Å². The van der Waals surface area contributed by atoms with Gasteiger partial charge in [0.25, 0.3) is 0 Å². The third kappa shape index (κ3) is 4.88. The van der Waals surface area contributed by atoms with Crippen LogP contribution in [0.1, 0.15) is 16.7 Å². The smallest absolute Gasteiger partial charge is 0.315 e. The summed E-state index contributed by atoms with van der Waals surface area (Å²) >= 11 is 3.45. The number of carbonyl (C=O) groups excluding carboxylic acids is 1. The zero-order chi connectivity index (χ0) is 15.1. The van der Waals surface area contributed by atoms with E-state index in [1.165, 1.54) is 0 Å². The molecule has 0 atom stereocenters. The molecular weight excluding hydrogens is 330 g/mol. The lowest BCUT2D eigenvalue weighted by atomic mass is 10.1. The molecule has 2 aromatic rings. The first kappa shape index (κ1) is 15.5. The van der Waals surface area contributed by atoms with E-state index in [-0.39, 0.29) is 6.03 Å². The lowest BCUT2D eigenvalue weighted by Crippen LogP contribution is -2.34. The standard InChI is InChI=1S/C16H18BrN3O/c17-15-7-2-1-6-14(15)11-20-16(21)19-10-13-5-3-4-12(8-13)9-18/h1-8H,9-11,18H2,(H2,19,20,21). The van der Waals surface area contributed by atoms with Crippen LogP contribution in [0, 0.1) is 0 Å². The Morgan fingerprint density at radius 1 is 1.00 bits per heavy atom. The molecule has 2 rings (SSSR count). The van der Waals surface area contributed by atoms with Crippen LogP contribution in [0.3, 0.4) is 0 Å². The largest absolute Gasteiger partial charge is 0.334 e. The van der Waals surface area contributed by atoms with E-state index in [9.17, 15) is 4.79 Å². The number of nitrogens with two attached hydrogens (primary N) is 1. The summed E-state index contributed by atoms with van der Waals surface area (Å²) in [4.78, 5) is 11.8. The van der Waals surface area contributed by atoms with E-state index in [0.29, 0.717) is 19.6 Å². The number of hydrogen-bond acceptors (Lipinski definition) is 2. The first-order valence-corrected chi connectivity index (χ1v) is 7.51. The van der Waals surface area contributed by atoms with Crippen LogP contribution in [0.2, 0.25) is 0 Å². The van der Waals surface area contributed by atoms with E-state index < -0.39 is 0 Å². The van der Waals surface area contributed by atoms with Gasteiger partial charge in [0.05, 0.1) is 0 Å². The van der Waals surface area contributed by atoms with Gasteiger partial charge in [0, 0.05) is 24.1 Å². The number of nitrogens with one attached hydrogen (secondary N) is 2. The summed E-state index contributed by atoms with van der Waals surface area (Å²) in [5.41, 5.74) is 8.73. The third-order valence-corrected chi connectivity index (χ3v) is 3.85. The fourth-order valence-corrected chi connectivity index (χ4v) is 2.35. The maximum absolute atomic E-state index is 11.8. The quantitative estimate of drug-likeness (QED) is 0.778. The molecule has 0 bridgehead atoms. The maximum atomic E-state index is 11.8. The Balaban J connectivity index is 1.81. The second kappa shape index (κ2) is 7.81.